The van der Waals surface area contributed by atoms with Gasteiger partial charge < -0.3 is 0 Å². The molecule has 1 aliphatic heterocycles. The Morgan fingerprint density at radius 2 is 2.00 bits per heavy atom. The number of hydrazine groups is 1. The van der Waals surface area contributed by atoms with Crippen LogP contribution in [0.15, 0.2) is 0 Å². The van der Waals surface area contributed by atoms with Gasteiger partial charge in [0.2, 0.25) is 5.91 Å². The Kier molecular flexibility index (Phi) is 5.84. The predicted molar refractivity (Wildman–Crippen MR) is 46.0 cm³/mol. The van der Waals surface area contributed by atoms with Crippen molar-refractivity contribution < 1.29 is 4.79 Å². The summed E-state index contributed by atoms with van der Waals surface area (Å²) in [5.74, 6) is 0.201. The first-order valence-electron chi connectivity index (χ1n) is 4.31. The third-order valence-corrected chi connectivity index (χ3v) is 1.54. The third-order valence-electron chi connectivity index (χ3n) is 1.54. The Labute approximate surface area is 68.7 Å². The fourth-order valence-corrected chi connectivity index (χ4v) is 0.904. The summed E-state index contributed by atoms with van der Waals surface area (Å²) in [6.07, 6.45) is 2.83. The van der Waals surface area contributed by atoms with Crippen LogP contribution < -0.4 is 5.43 Å². The van der Waals surface area contributed by atoms with Gasteiger partial charge in [-0.2, -0.15) is 0 Å². The Balaban J connectivity index is 0.000000461. The normalized spacial score (nSPS) is 18.5. The molecule has 1 saturated heterocycles. The number of carbonyl (C=O) groups is 1. The molecule has 1 heterocycles. The molecule has 0 atom stereocenters. The van der Waals surface area contributed by atoms with E-state index in [-0.39, 0.29) is 5.91 Å². The lowest BCUT2D eigenvalue weighted by Crippen LogP contribution is -2.37. The Hall–Kier alpha value is -0.570. The lowest BCUT2D eigenvalue weighted by molar-refractivity contribution is -0.131. The minimum atomic E-state index is 0.201. The van der Waals surface area contributed by atoms with Crippen LogP contribution in [0.2, 0.25) is 0 Å². The monoisotopic (exact) mass is 158 g/mol. The van der Waals surface area contributed by atoms with Gasteiger partial charge in [-0.25, -0.2) is 5.43 Å². The molecular weight excluding hydrogens is 140 g/mol. The van der Waals surface area contributed by atoms with Crippen molar-refractivity contribution in [2.75, 3.05) is 13.6 Å². The summed E-state index contributed by atoms with van der Waals surface area (Å²) >= 11 is 0. The first kappa shape index (κ1) is 10.4. The fraction of sp³-hybridized carbons (Fsp3) is 0.875. The SMILES string of the molecule is CC.CN1NCCCCC1=O. The molecule has 1 amide bonds. The van der Waals surface area contributed by atoms with Crippen LogP contribution in [-0.4, -0.2) is 24.5 Å². The molecule has 3 nitrogen and oxygen atoms in total. The van der Waals surface area contributed by atoms with Crippen molar-refractivity contribution in [1.82, 2.24) is 10.4 Å². The van der Waals surface area contributed by atoms with Gasteiger partial charge >= 0.3 is 0 Å². The molecule has 0 spiro atoms. The average Bonchev–Trinajstić information content (AvgIpc) is 2.22. The average molecular weight is 158 g/mol. The molecule has 11 heavy (non-hydrogen) atoms. The van der Waals surface area contributed by atoms with Gasteiger partial charge in [0.1, 0.15) is 0 Å². The summed E-state index contributed by atoms with van der Waals surface area (Å²) in [7, 11) is 1.77. The molecule has 0 aliphatic carbocycles. The molecule has 0 saturated carbocycles. The van der Waals surface area contributed by atoms with Crippen molar-refractivity contribution in [1.29, 1.82) is 0 Å². The highest BCUT2D eigenvalue weighted by Gasteiger charge is 2.10. The number of hydrogen-bond acceptors (Lipinski definition) is 2. The maximum Gasteiger partial charge on any atom is 0.236 e. The number of hydrogen-bond donors (Lipinski definition) is 1. The molecule has 0 aromatic rings. The van der Waals surface area contributed by atoms with Gasteiger partial charge in [-0.05, 0) is 12.8 Å². The molecule has 1 aliphatic rings. The molecule has 0 unspecified atom stereocenters. The van der Waals surface area contributed by atoms with Crippen LogP contribution in [0.5, 0.6) is 0 Å². The Morgan fingerprint density at radius 3 is 2.64 bits per heavy atom. The molecule has 1 rings (SSSR count). The lowest BCUT2D eigenvalue weighted by atomic mass is 10.2. The molecule has 0 aromatic carbocycles. The number of rotatable bonds is 0. The van der Waals surface area contributed by atoms with Crippen molar-refractivity contribution in [3.63, 3.8) is 0 Å². The van der Waals surface area contributed by atoms with Crippen molar-refractivity contribution >= 4 is 5.91 Å². The largest absolute Gasteiger partial charge is 0.281 e. The van der Waals surface area contributed by atoms with Crippen LogP contribution in [0.1, 0.15) is 33.1 Å². The van der Waals surface area contributed by atoms with Crippen molar-refractivity contribution in [2.45, 2.75) is 33.1 Å². The Morgan fingerprint density at radius 1 is 1.36 bits per heavy atom. The lowest BCUT2D eigenvalue weighted by Gasteiger charge is -2.13. The standard InChI is InChI=1S/C6H12N2O.C2H6/c1-8-6(9)4-2-3-5-7-8;1-2/h7H,2-5H2,1H3;1-2H3. The van der Waals surface area contributed by atoms with Gasteiger partial charge in [0.25, 0.3) is 0 Å². The van der Waals surface area contributed by atoms with E-state index in [0.29, 0.717) is 6.42 Å². The second-order valence-corrected chi connectivity index (χ2v) is 2.32. The zero-order valence-electron chi connectivity index (χ0n) is 7.68. The van der Waals surface area contributed by atoms with Crippen molar-refractivity contribution in [3.8, 4) is 0 Å². The quantitative estimate of drug-likeness (QED) is 0.573. The van der Waals surface area contributed by atoms with E-state index < -0.39 is 0 Å². The highest BCUT2D eigenvalue weighted by molar-refractivity contribution is 5.75. The second kappa shape index (κ2) is 6.16. The molecule has 0 radical (unpaired) electrons. The van der Waals surface area contributed by atoms with E-state index in [1.165, 1.54) is 0 Å². The summed E-state index contributed by atoms with van der Waals surface area (Å²) < 4.78 is 0. The molecule has 66 valence electrons. The van der Waals surface area contributed by atoms with Crippen LogP contribution in [0.4, 0.5) is 0 Å². The minimum Gasteiger partial charge on any atom is -0.281 e. The molecule has 3 heteroatoms. The van der Waals surface area contributed by atoms with E-state index >= 15 is 0 Å². The van der Waals surface area contributed by atoms with Gasteiger partial charge in [-0.15, -0.1) is 0 Å². The number of carbonyl (C=O) groups excluding carboxylic acids is 1. The molecule has 1 N–H and O–H groups in total. The number of nitrogens with one attached hydrogen (secondary N) is 1. The van der Waals surface area contributed by atoms with Crippen molar-refractivity contribution in [3.05, 3.63) is 0 Å². The highest BCUT2D eigenvalue weighted by atomic mass is 16.2. The summed E-state index contributed by atoms with van der Waals surface area (Å²) in [5, 5.41) is 1.58. The van der Waals surface area contributed by atoms with Gasteiger partial charge in [-0.3, -0.25) is 9.80 Å². The predicted octanol–water partition coefficient (Wildman–Crippen LogP) is 1.16. The van der Waals surface area contributed by atoms with Crippen LogP contribution in [0.25, 0.3) is 0 Å². The zero-order valence-corrected chi connectivity index (χ0v) is 7.68. The van der Waals surface area contributed by atoms with Gasteiger partial charge in [0.15, 0.2) is 0 Å². The summed E-state index contributed by atoms with van der Waals surface area (Å²) in [5.41, 5.74) is 2.98. The second-order valence-electron chi connectivity index (χ2n) is 2.32. The summed E-state index contributed by atoms with van der Waals surface area (Å²) in [6, 6.07) is 0. The zero-order chi connectivity index (χ0) is 8.69. The first-order valence-corrected chi connectivity index (χ1v) is 4.31. The van der Waals surface area contributed by atoms with E-state index in [4.69, 9.17) is 0 Å². The topological polar surface area (TPSA) is 32.3 Å². The van der Waals surface area contributed by atoms with E-state index in [1.54, 1.807) is 12.1 Å². The maximum atomic E-state index is 10.9. The first-order chi connectivity index (χ1) is 5.30. The molecule has 0 bridgehead atoms. The van der Waals surface area contributed by atoms with Gasteiger partial charge in [-0.1, -0.05) is 13.8 Å². The van der Waals surface area contributed by atoms with Crippen LogP contribution in [0.3, 0.4) is 0 Å². The van der Waals surface area contributed by atoms with Gasteiger partial charge in [0.05, 0.1) is 0 Å². The molecular formula is C8H18N2O. The van der Waals surface area contributed by atoms with E-state index in [1.807, 2.05) is 13.8 Å². The summed E-state index contributed by atoms with van der Waals surface area (Å²) in [4.78, 5) is 10.9. The van der Waals surface area contributed by atoms with Crippen LogP contribution in [0, 0.1) is 0 Å². The van der Waals surface area contributed by atoms with Crippen LogP contribution >= 0.6 is 0 Å². The maximum absolute atomic E-state index is 10.9. The smallest absolute Gasteiger partial charge is 0.236 e. The number of nitrogens with zero attached hydrogens (tertiary/aromatic N) is 1. The number of amides is 1. The van der Waals surface area contributed by atoms with E-state index in [0.717, 1.165) is 19.4 Å². The molecule has 0 aromatic heterocycles. The van der Waals surface area contributed by atoms with Gasteiger partial charge in [0, 0.05) is 20.0 Å². The Bertz CT molecular complexity index is 115. The minimum absolute atomic E-state index is 0.201. The fourth-order valence-electron chi connectivity index (χ4n) is 0.904. The van der Waals surface area contributed by atoms with E-state index in [2.05, 4.69) is 5.43 Å². The highest BCUT2D eigenvalue weighted by Crippen LogP contribution is 2.00. The third kappa shape index (κ3) is 3.98. The van der Waals surface area contributed by atoms with Crippen molar-refractivity contribution in [2.24, 2.45) is 0 Å². The summed E-state index contributed by atoms with van der Waals surface area (Å²) in [6.45, 7) is 4.93. The molecule has 1 fully saturated rings. The van der Waals surface area contributed by atoms with E-state index in [9.17, 15) is 4.79 Å². The van der Waals surface area contributed by atoms with Crippen LogP contribution in [-0.2, 0) is 4.79 Å².